The number of allylic oxidation sites excluding steroid dienone is 1. The van der Waals surface area contributed by atoms with E-state index in [1.165, 1.54) is 52.2 Å². The zero-order chi connectivity index (χ0) is 31.1. The van der Waals surface area contributed by atoms with E-state index in [0.29, 0.717) is 16.9 Å². The van der Waals surface area contributed by atoms with Crippen LogP contribution in [-0.2, 0) is 22.7 Å². The third-order valence-electron chi connectivity index (χ3n) is 6.45. The summed E-state index contributed by atoms with van der Waals surface area (Å²) in [5.41, 5.74) is 0.855. The van der Waals surface area contributed by atoms with Gasteiger partial charge in [0.05, 0.1) is 30.1 Å². The molecule has 0 fully saturated rings. The summed E-state index contributed by atoms with van der Waals surface area (Å²) in [5.74, 6) is -1.56. The first-order chi connectivity index (χ1) is 20.5. The molecule has 0 aliphatic carbocycles. The van der Waals surface area contributed by atoms with E-state index in [1.807, 2.05) is 0 Å². The molecule has 3 N–H and O–H groups in total. The van der Waals surface area contributed by atoms with Crippen molar-refractivity contribution in [1.29, 1.82) is 0 Å². The van der Waals surface area contributed by atoms with Crippen LogP contribution in [0.3, 0.4) is 0 Å². The summed E-state index contributed by atoms with van der Waals surface area (Å²) in [6, 6.07) is 8.74. The Bertz CT molecular complexity index is 1730. The van der Waals surface area contributed by atoms with Gasteiger partial charge in [-0.1, -0.05) is 18.2 Å². The van der Waals surface area contributed by atoms with Crippen molar-refractivity contribution in [3.63, 3.8) is 0 Å². The molecule has 0 aliphatic rings. The van der Waals surface area contributed by atoms with Crippen LogP contribution >= 0.6 is 0 Å². The molecule has 2 heterocycles. The summed E-state index contributed by atoms with van der Waals surface area (Å²) < 4.78 is 30.4. The molecule has 2 aromatic heterocycles. The number of anilines is 1. The molecule has 0 saturated carbocycles. The second kappa shape index (κ2) is 13.5. The lowest BCUT2D eigenvalue weighted by Crippen LogP contribution is -2.44. The molecular formula is C29H29F2N7O5. The van der Waals surface area contributed by atoms with E-state index in [1.54, 1.807) is 36.9 Å². The van der Waals surface area contributed by atoms with Crippen molar-refractivity contribution in [3.8, 4) is 0 Å². The fraction of sp³-hybridized carbons (Fsp3) is 0.241. The minimum absolute atomic E-state index is 0.0216. The topological polar surface area (TPSA) is 151 Å². The molecule has 0 saturated heterocycles. The Kier molecular flexibility index (Phi) is 9.60. The number of halogens is 2. The highest BCUT2D eigenvalue weighted by Gasteiger charge is 2.22. The Morgan fingerprint density at radius 2 is 1.79 bits per heavy atom. The first-order valence-electron chi connectivity index (χ1n) is 13.1. The molecule has 3 amide bonds. The monoisotopic (exact) mass is 593 g/mol. The Morgan fingerprint density at radius 1 is 1.07 bits per heavy atom. The summed E-state index contributed by atoms with van der Waals surface area (Å²) in [5, 5.41) is 13.8. The van der Waals surface area contributed by atoms with Crippen LogP contribution in [0.1, 0.15) is 24.2 Å². The molecule has 12 nitrogen and oxygen atoms in total. The maximum absolute atomic E-state index is 14.0. The Labute approximate surface area is 244 Å². The SMILES string of the molecule is CN(C)C(=O)/C=C/CC[C@H](NC(=O)O)C(=O)Nc1cncn(Cc2nc3cc(F)ccc3n2Cc2ccc(F)cc2)c1=O. The number of fused-ring (bicyclic) bond motifs is 1. The van der Waals surface area contributed by atoms with Crippen molar-refractivity contribution in [1.82, 2.24) is 29.3 Å². The number of benzene rings is 2. The van der Waals surface area contributed by atoms with E-state index in [9.17, 15) is 33.1 Å². The summed E-state index contributed by atoms with van der Waals surface area (Å²) in [4.78, 5) is 59.2. The van der Waals surface area contributed by atoms with E-state index in [4.69, 9.17) is 0 Å². The van der Waals surface area contributed by atoms with Gasteiger partial charge in [0.2, 0.25) is 11.8 Å². The summed E-state index contributed by atoms with van der Waals surface area (Å²) in [7, 11) is 3.16. The summed E-state index contributed by atoms with van der Waals surface area (Å²) >= 11 is 0. The Balaban J connectivity index is 1.56. The molecule has 4 rings (SSSR count). The number of carbonyl (C=O) groups is 3. The van der Waals surface area contributed by atoms with Crippen LogP contribution < -0.4 is 16.2 Å². The van der Waals surface area contributed by atoms with Gasteiger partial charge in [-0.3, -0.25) is 19.0 Å². The normalized spacial score (nSPS) is 11.9. The largest absolute Gasteiger partial charge is 0.465 e. The second-order valence-electron chi connectivity index (χ2n) is 9.82. The van der Waals surface area contributed by atoms with Gasteiger partial charge in [0, 0.05) is 26.7 Å². The fourth-order valence-corrected chi connectivity index (χ4v) is 4.26. The predicted octanol–water partition coefficient (Wildman–Crippen LogP) is 2.97. The van der Waals surface area contributed by atoms with Crippen molar-refractivity contribution >= 4 is 34.6 Å². The number of carboxylic acid groups (broad SMARTS) is 1. The van der Waals surface area contributed by atoms with E-state index in [-0.39, 0.29) is 37.5 Å². The maximum atomic E-state index is 14.0. The van der Waals surface area contributed by atoms with Gasteiger partial charge < -0.3 is 25.2 Å². The van der Waals surface area contributed by atoms with Crippen molar-refractivity contribution in [2.24, 2.45) is 0 Å². The number of hydrogen-bond donors (Lipinski definition) is 3. The number of hydrogen-bond acceptors (Lipinski definition) is 6. The van der Waals surface area contributed by atoms with Crippen LogP contribution in [0.2, 0.25) is 0 Å². The van der Waals surface area contributed by atoms with Gasteiger partial charge in [0.25, 0.3) is 5.56 Å². The van der Waals surface area contributed by atoms with E-state index >= 15 is 0 Å². The number of nitrogens with one attached hydrogen (secondary N) is 2. The molecule has 1 atom stereocenters. The number of carbonyl (C=O) groups excluding carboxylic acids is 2. The quantitative estimate of drug-likeness (QED) is 0.226. The lowest BCUT2D eigenvalue weighted by Gasteiger charge is -2.16. The van der Waals surface area contributed by atoms with Crippen LogP contribution in [0.25, 0.3) is 11.0 Å². The second-order valence-corrected chi connectivity index (χ2v) is 9.82. The van der Waals surface area contributed by atoms with Crippen LogP contribution in [0.15, 0.2) is 71.9 Å². The third kappa shape index (κ3) is 7.87. The lowest BCUT2D eigenvalue weighted by atomic mass is 10.1. The smallest absolute Gasteiger partial charge is 0.405 e. The van der Waals surface area contributed by atoms with Gasteiger partial charge in [-0.2, -0.15) is 0 Å². The van der Waals surface area contributed by atoms with Crippen molar-refractivity contribution < 1.29 is 28.3 Å². The first-order valence-corrected chi connectivity index (χ1v) is 13.1. The molecular weight excluding hydrogens is 564 g/mol. The van der Waals surface area contributed by atoms with Crippen molar-refractivity contribution in [2.75, 3.05) is 19.4 Å². The van der Waals surface area contributed by atoms with Crippen LogP contribution in [-0.4, -0.2) is 67.2 Å². The van der Waals surface area contributed by atoms with E-state index in [2.05, 4.69) is 20.6 Å². The molecule has 14 heteroatoms. The van der Waals surface area contributed by atoms with E-state index in [0.717, 1.165) is 11.8 Å². The first kappa shape index (κ1) is 30.6. The zero-order valence-electron chi connectivity index (χ0n) is 23.3. The highest BCUT2D eigenvalue weighted by Crippen LogP contribution is 2.20. The minimum atomic E-state index is -1.44. The molecule has 0 aliphatic heterocycles. The number of imidazole rings is 1. The van der Waals surface area contributed by atoms with Crippen LogP contribution in [0.5, 0.6) is 0 Å². The van der Waals surface area contributed by atoms with E-state index < -0.39 is 35.2 Å². The number of rotatable bonds is 11. The van der Waals surface area contributed by atoms with Gasteiger partial charge in [0.1, 0.15) is 29.2 Å². The Hall–Kier alpha value is -5.40. The number of amides is 3. The summed E-state index contributed by atoms with van der Waals surface area (Å²) in [6.45, 7) is 0.155. The van der Waals surface area contributed by atoms with Crippen molar-refractivity contribution in [3.05, 3.63) is 101 Å². The van der Waals surface area contributed by atoms with Gasteiger partial charge in [-0.15, -0.1) is 0 Å². The predicted molar refractivity (Wildman–Crippen MR) is 153 cm³/mol. The fourth-order valence-electron chi connectivity index (χ4n) is 4.26. The number of nitrogens with zero attached hydrogens (tertiary/aromatic N) is 5. The van der Waals surface area contributed by atoms with Gasteiger partial charge in [0.15, 0.2) is 0 Å². The number of likely N-dealkylation sites (N-methyl/N-ethyl adjacent to an activating group) is 1. The molecule has 0 spiro atoms. The molecule has 2 aromatic carbocycles. The molecule has 43 heavy (non-hydrogen) atoms. The van der Waals surface area contributed by atoms with Gasteiger partial charge in [-0.25, -0.2) is 23.5 Å². The highest BCUT2D eigenvalue weighted by atomic mass is 19.1. The molecule has 0 bridgehead atoms. The third-order valence-corrected chi connectivity index (χ3v) is 6.45. The maximum Gasteiger partial charge on any atom is 0.405 e. The van der Waals surface area contributed by atoms with Crippen LogP contribution in [0.4, 0.5) is 19.3 Å². The van der Waals surface area contributed by atoms with Gasteiger partial charge >= 0.3 is 6.09 Å². The Morgan fingerprint density at radius 3 is 2.49 bits per heavy atom. The minimum Gasteiger partial charge on any atom is -0.465 e. The zero-order valence-corrected chi connectivity index (χ0v) is 23.3. The average Bonchev–Trinajstić information content (AvgIpc) is 3.28. The summed E-state index contributed by atoms with van der Waals surface area (Å²) in [6.07, 6.45) is 4.02. The van der Waals surface area contributed by atoms with Gasteiger partial charge in [-0.05, 0) is 48.7 Å². The molecule has 0 radical (unpaired) electrons. The molecule has 224 valence electrons. The molecule has 4 aromatic rings. The molecule has 0 unspecified atom stereocenters. The highest BCUT2D eigenvalue weighted by molar-refractivity contribution is 5.96. The van der Waals surface area contributed by atoms with Crippen molar-refractivity contribution in [2.45, 2.75) is 32.0 Å². The standard InChI is InChI=1S/C29H29F2N7O5/c1-36(2)26(39)6-4-3-5-21(35-29(42)43)27(40)34-23-14-32-17-37(28(23)41)16-25-33-22-13-20(31)11-12-24(22)38(25)15-18-7-9-19(30)10-8-18/h4,6-14,17,21,35H,3,5,15-16H2,1-2H3,(H,34,40)(H,42,43)/b6-4+/t21-/m0/s1. The number of aromatic nitrogens is 4. The lowest BCUT2D eigenvalue weighted by molar-refractivity contribution is -0.123. The van der Waals surface area contributed by atoms with Crippen LogP contribution in [0, 0.1) is 11.6 Å². The average molecular weight is 594 g/mol.